The number of hydrogen-bond acceptors (Lipinski definition) is 3. The predicted octanol–water partition coefficient (Wildman–Crippen LogP) is 1.66. The minimum atomic E-state index is -0.435. The number of aromatic nitrogens is 2. The lowest BCUT2D eigenvalue weighted by Crippen LogP contribution is -2.16. The molecule has 2 rings (SSSR count). The smallest absolute Gasteiger partial charge is 0.249 e. The third-order valence-corrected chi connectivity index (χ3v) is 2.97. The lowest BCUT2D eigenvalue weighted by atomic mass is 9.99. The average Bonchev–Trinajstić information content (AvgIpc) is 2.81. The predicted molar refractivity (Wildman–Crippen MR) is 71.9 cm³/mol. The second kappa shape index (κ2) is 5.56. The molecule has 0 unspecified atom stereocenters. The number of ether oxygens (including phenoxy) is 1. The zero-order valence-corrected chi connectivity index (χ0v) is 11.1. The highest BCUT2D eigenvalue weighted by atomic mass is 16.5. The first-order valence-electron chi connectivity index (χ1n) is 6.14. The third kappa shape index (κ3) is 2.93. The molecule has 0 aliphatic rings. The van der Waals surface area contributed by atoms with Gasteiger partial charge in [-0.15, -0.1) is 5.10 Å². The van der Waals surface area contributed by atoms with E-state index in [-0.39, 0.29) is 0 Å². The normalized spacial score (nSPS) is 10.4. The van der Waals surface area contributed by atoms with Crippen LogP contribution in [0.25, 0.3) is 0 Å². The summed E-state index contributed by atoms with van der Waals surface area (Å²) in [6.07, 6.45) is 2.62. The molecular formula is C14H17N3O2. The first-order chi connectivity index (χ1) is 9.11. The van der Waals surface area contributed by atoms with Gasteiger partial charge in [-0.25, -0.2) is 0 Å². The molecule has 0 bridgehead atoms. The van der Waals surface area contributed by atoms with Crippen LogP contribution in [-0.2, 0) is 20.1 Å². The second-order valence-corrected chi connectivity index (χ2v) is 4.28. The SMILES string of the molecule is CCc1cccc(C(N)=O)c1COc1ccn(C)n1. The molecule has 2 aromatic rings. The van der Waals surface area contributed by atoms with Gasteiger partial charge in [0.05, 0.1) is 0 Å². The Hall–Kier alpha value is -2.30. The highest BCUT2D eigenvalue weighted by Gasteiger charge is 2.12. The fourth-order valence-corrected chi connectivity index (χ4v) is 1.98. The van der Waals surface area contributed by atoms with Gasteiger partial charge in [-0.3, -0.25) is 9.48 Å². The molecule has 0 fully saturated rings. The molecule has 2 N–H and O–H groups in total. The molecule has 1 aromatic carbocycles. The summed E-state index contributed by atoms with van der Waals surface area (Å²) in [6.45, 7) is 2.32. The second-order valence-electron chi connectivity index (χ2n) is 4.28. The standard InChI is InChI=1S/C14H17N3O2/c1-3-10-5-4-6-11(14(15)18)12(10)9-19-13-7-8-17(2)16-13/h4-8H,3,9H2,1-2H3,(H2,15,18). The van der Waals surface area contributed by atoms with Crippen LogP contribution in [0.5, 0.6) is 5.88 Å². The molecule has 1 aromatic heterocycles. The Balaban J connectivity index is 2.25. The zero-order valence-electron chi connectivity index (χ0n) is 11.1. The quantitative estimate of drug-likeness (QED) is 0.887. The summed E-state index contributed by atoms with van der Waals surface area (Å²) in [7, 11) is 1.82. The van der Waals surface area contributed by atoms with E-state index in [1.165, 1.54) is 0 Å². The zero-order chi connectivity index (χ0) is 13.8. The molecule has 19 heavy (non-hydrogen) atoms. The van der Waals surface area contributed by atoms with E-state index in [0.717, 1.165) is 17.5 Å². The van der Waals surface area contributed by atoms with Crippen LogP contribution in [0.1, 0.15) is 28.4 Å². The maximum Gasteiger partial charge on any atom is 0.249 e. The number of primary amides is 1. The van der Waals surface area contributed by atoms with Gasteiger partial charge in [0.25, 0.3) is 0 Å². The van der Waals surface area contributed by atoms with Crippen LogP contribution in [0.15, 0.2) is 30.5 Å². The topological polar surface area (TPSA) is 70.1 Å². The van der Waals surface area contributed by atoms with Gasteiger partial charge in [-0.1, -0.05) is 19.1 Å². The summed E-state index contributed by atoms with van der Waals surface area (Å²) in [5.41, 5.74) is 7.81. The minimum Gasteiger partial charge on any atom is -0.472 e. The Bertz CT molecular complexity index is 590. The number of nitrogens with two attached hydrogens (primary N) is 1. The van der Waals surface area contributed by atoms with Crippen molar-refractivity contribution in [3.63, 3.8) is 0 Å². The van der Waals surface area contributed by atoms with E-state index in [2.05, 4.69) is 5.10 Å². The van der Waals surface area contributed by atoms with Gasteiger partial charge in [0.1, 0.15) is 6.61 Å². The molecule has 0 aliphatic carbocycles. The Kier molecular flexibility index (Phi) is 3.85. The molecule has 1 amide bonds. The van der Waals surface area contributed by atoms with Crippen LogP contribution in [0.2, 0.25) is 0 Å². The van der Waals surface area contributed by atoms with E-state index in [1.54, 1.807) is 23.0 Å². The van der Waals surface area contributed by atoms with Gasteiger partial charge in [0, 0.05) is 30.4 Å². The van der Waals surface area contributed by atoms with Crippen LogP contribution >= 0.6 is 0 Å². The van der Waals surface area contributed by atoms with E-state index in [4.69, 9.17) is 10.5 Å². The first-order valence-corrected chi connectivity index (χ1v) is 6.14. The molecule has 1 heterocycles. The van der Waals surface area contributed by atoms with E-state index in [1.807, 2.05) is 26.1 Å². The van der Waals surface area contributed by atoms with E-state index < -0.39 is 5.91 Å². The van der Waals surface area contributed by atoms with Crippen molar-refractivity contribution >= 4 is 5.91 Å². The number of aryl methyl sites for hydroxylation is 2. The summed E-state index contributed by atoms with van der Waals surface area (Å²) in [5.74, 6) is 0.0961. The maximum atomic E-state index is 11.5. The molecule has 0 saturated carbocycles. The molecule has 0 saturated heterocycles. The fourth-order valence-electron chi connectivity index (χ4n) is 1.98. The highest BCUT2D eigenvalue weighted by molar-refractivity contribution is 5.94. The van der Waals surface area contributed by atoms with Crippen molar-refractivity contribution < 1.29 is 9.53 Å². The molecule has 0 radical (unpaired) electrons. The monoisotopic (exact) mass is 259 g/mol. The average molecular weight is 259 g/mol. The highest BCUT2D eigenvalue weighted by Crippen LogP contribution is 2.18. The van der Waals surface area contributed by atoms with Gasteiger partial charge in [-0.2, -0.15) is 0 Å². The fraction of sp³-hybridized carbons (Fsp3) is 0.286. The van der Waals surface area contributed by atoms with Crippen molar-refractivity contribution in [1.29, 1.82) is 0 Å². The molecule has 0 spiro atoms. The van der Waals surface area contributed by atoms with Crippen molar-refractivity contribution in [2.45, 2.75) is 20.0 Å². The third-order valence-electron chi connectivity index (χ3n) is 2.97. The van der Waals surface area contributed by atoms with E-state index in [9.17, 15) is 4.79 Å². The van der Waals surface area contributed by atoms with Crippen molar-refractivity contribution in [2.75, 3.05) is 0 Å². The number of rotatable bonds is 5. The molecule has 100 valence electrons. The van der Waals surface area contributed by atoms with Gasteiger partial charge < -0.3 is 10.5 Å². The Labute approximate surface area is 112 Å². The van der Waals surface area contributed by atoms with Crippen molar-refractivity contribution in [3.05, 3.63) is 47.2 Å². The summed E-state index contributed by atoms with van der Waals surface area (Å²) in [5, 5.41) is 4.13. The van der Waals surface area contributed by atoms with E-state index >= 15 is 0 Å². The van der Waals surface area contributed by atoms with Crippen molar-refractivity contribution in [2.24, 2.45) is 12.8 Å². The Morgan fingerprint density at radius 1 is 1.42 bits per heavy atom. The number of amides is 1. The number of carbonyl (C=O) groups excluding carboxylic acids is 1. The van der Waals surface area contributed by atoms with Gasteiger partial charge in [0.2, 0.25) is 11.8 Å². The summed E-state index contributed by atoms with van der Waals surface area (Å²) in [6, 6.07) is 7.31. The van der Waals surface area contributed by atoms with Crippen LogP contribution in [-0.4, -0.2) is 15.7 Å². The number of nitrogens with zero attached hydrogens (tertiary/aromatic N) is 2. The number of hydrogen-bond donors (Lipinski definition) is 1. The molecule has 5 heteroatoms. The minimum absolute atomic E-state index is 0.291. The lowest BCUT2D eigenvalue weighted by molar-refractivity contribution is 0.0997. The number of benzene rings is 1. The molecular weight excluding hydrogens is 242 g/mol. The summed E-state index contributed by atoms with van der Waals surface area (Å²) < 4.78 is 7.27. The summed E-state index contributed by atoms with van der Waals surface area (Å²) >= 11 is 0. The Morgan fingerprint density at radius 3 is 2.79 bits per heavy atom. The summed E-state index contributed by atoms with van der Waals surface area (Å²) in [4.78, 5) is 11.5. The van der Waals surface area contributed by atoms with Crippen LogP contribution in [0, 0.1) is 0 Å². The molecule has 0 atom stereocenters. The van der Waals surface area contributed by atoms with Crippen LogP contribution < -0.4 is 10.5 Å². The molecule has 5 nitrogen and oxygen atoms in total. The van der Waals surface area contributed by atoms with Gasteiger partial charge >= 0.3 is 0 Å². The van der Waals surface area contributed by atoms with Crippen LogP contribution in [0.4, 0.5) is 0 Å². The number of carbonyl (C=O) groups is 1. The lowest BCUT2D eigenvalue weighted by Gasteiger charge is -2.12. The largest absolute Gasteiger partial charge is 0.472 e. The van der Waals surface area contributed by atoms with Crippen molar-refractivity contribution in [3.8, 4) is 5.88 Å². The van der Waals surface area contributed by atoms with Crippen LogP contribution in [0.3, 0.4) is 0 Å². The Morgan fingerprint density at radius 2 is 2.21 bits per heavy atom. The van der Waals surface area contributed by atoms with Crippen molar-refractivity contribution in [1.82, 2.24) is 9.78 Å². The first kappa shape index (κ1) is 13.1. The maximum absolute atomic E-state index is 11.5. The van der Waals surface area contributed by atoms with Gasteiger partial charge in [0.15, 0.2) is 0 Å². The van der Waals surface area contributed by atoms with Gasteiger partial charge in [-0.05, 0) is 18.1 Å². The molecule has 0 aliphatic heterocycles. The van der Waals surface area contributed by atoms with E-state index in [0.29, 0.717) is 18.1 Å².